The van der Waals surface area contributed by atoms with Crippen LogP contribution in [-0.2, 0) is 14.4 Å². The van der Waals surface area contributed by atoms with Crippen molar-refractivity contribution in [1.82, 2.24) is 5.06 Å². The van der Waals surface area contributed by atoms with Crippen molar-refractivity contribution in [3.05, 3.63) is 42.2 Å². The van der Waals surface area contributed by atoms with Crippen molar-refractivity contribution in [3.63, 3.8) is 0 Å². The van der Waals surface area contributed by atoms with Gasteiger partial charge >= 0.3 is 5.91 Å². The van der Waals surface area contributed by atoms with Crippen molar-refractivity contribution in [3.8, 4) is 17.1 Å². The van der Waals surface area contributed by atoms with Gasteiger partial charge < -0.3 is 14.9 Å². The van der Waals surface area contributed by atoms with Crippen molar-refractivity contribution in [2.75, 3.05) is 13.4 Å². The number of benzene rings is 1. The number of furan rings is 1. The van der Waals surface area contributed by atoms with E-state index in [9.17, 15) is 13.2 Å². The summed E-state index contributed by atoms with van der Waals surface area (Å²) in [6.45, 7) is 0. The van der Waals surface area contributed by atoms with E-state index in [0.29, 0.717) is 17.1 Å². The quantitative estimate of drug-likeness (QED) is 0.468. The van der Waals surface area contributed by atoms with Crippen molar-refractivity contribution in [1.29, 1.82) is 5.41 Å². The number of nitrogens with two attached hydrogens (primary N) is 1. The van der Waals surface area contributed by atoms with Crippen molar-refractivity contribution in [2.45, 2.75) is 0 Å². The molecule has 0 saturated carbocycles. The van der Waals surface area contributed by atoms with E-state index >= 15 is 0 Å². The third-order valence-corrected chi connectivity index (χ3v) is 3.22. The van der Waals surface area contributed by atoms with Gasteiger partial charge in [0.05, 0.1) is 13.4 Å². The number of hydroxylamine groups is 2. The fourth-order valence-electron chi connectivity index (χ4n) is 1.78. The lowest BCUT2D eigenvalue weighted by Gasteiger charge is -2.16. The van der Waals surface area contributed by atoms with Crippen molar-refractivity contribution < 1.29 is 26.7 Å². The number of hydrogen-bond acceptors (Lipinski definition) is 7. The van der Waals surface area contributed by atoms with Crippen LogP contribution in [0, 0.1) is 5.41 Å². The number of amides is 1. The molecule has 1 aromatic heterocycles. The number of rotatable bonds is 5. The molecule has 0 spiro atoms. The smallest absolute Gasteiger partial charge is 0.321 e. The van der Waals surface area contributed by atoms with Crippen molar-refractivity contribution >= 4 is 22.0 Å². The molecule has 128 valence electrons. The number of hydrogen-bond donors (Lipinski definition) is 2. The predicted molar refractivity (Wildman–Crippen MR) is 84.7 cm³/mol. The molecule has 0 radical (unpaired) electrons. The first-order valence-corrected chi connectivity index (χ1v) is 8.35. The minimum absolute atomic E-state index is 0.131. The lowest BCUT2D eigenvalue weighted by Crippen LogP contribution is -2.42. The van der Waals surface area contributed by atoms with Crippen LogP contribution < -0.4 is 10.5 Å². The number of nitrogens with zero attached hydrogens (tertiary/aromatic N) is 1. The Kier molecular flexibility index (Phi) is 4.90. The highest BCUT2D eigenvalue weighted by Crippen LogP contribution is 2.25. The molecule has 9 nitrogen and oxygen atoms in total. The van der Waals surface area contributed by atoms with Crippen LogP contribution in [0.2, 0.25) is 0 Å². The van der Waals surface area contributed by atoms with Crippen LogP contribution in [0.3, 0.4) is 0 Å². The molecule has 24 heavy (non-hydrogen) atoms. The molecule has 0 aliphatic rings. The SMILES string of the molecule is COc1ccc(-c2ccc(C(=O)N(OS(C)(=O)=O)C(=N)N)o2)cc1. The third-order valence-electron chi connectivity index (χ3n) is 2.80. The van der Waals surface area contributed by atoms with Gasteiger partial charge in [0, 0.05) is 5.56 Å². The summed E-state index contributed by atoms with van der Waals surface area (Å²) >= 11 is 0. The van der Waals surface area contributed by atoms with Gasteiger partial charge in [-0.1, -0.05) is 0 Å². The molecule has 0 unspecified atom stereocenters. The molecule has 2 rings (SSSR count). The summed E-state index contributed by atoms with van der Waals surface area (Å²) in [5.41, 5.74) is 5.85. The van der Waals surface area contributed by atoms with E-state index in [4.69, 9.17) is 20.3 Å². The van der Waals surface area contributed by atoms with E-state index in [1.165, 1.54) is 19.2 Å². The van der Waals surface area contributed by atoms with Crippen LogP contribution in [0.15, 0.2) is 40.8 Å². The van der Waals surface area contributed by atoms with E-state index in [1.807, 2.05) is 0 Å². The minimum atomic E-state index is -4.05. The monoisotopic (exact) mass is 353 g/mol. The molecule has 2 aromatic rings. The van der Waals surface area contributed by atoms with Crippen LogP contribution in [0.4, 0.5) is 0 Å². The lowest BCUT2D eigenvalue weighted by atomic mass is 10.2. The number of nitrogens with one attached hydrogen (secondary N) is 1. The maximum atomic E-state index is 12.2. The van der Waals surface area contributed by atoms with E-state index in [-0.39, 0.29) is 10.8 Å². The van der Waals surface area contributed by atoms with E-state index in [1.54, 1.807) is 24.3 Å². The zero-order valence-electron chi connectivity index (χ0n) is 12.8. The van der Waals surface area contributed by atoms with Crippen LogP contribution >= 0.6 is 0 Å². The summed E-state index contributed by atoms with van der Waals surface area (Å²) in [4.78, 5) is 12.2. The molecule has 0 aliphatic heterocycles. The normalized spacial score (nSPS) is 11.1. The average Bonchev–Trinajstić information content (AvgIpc) is 3.01. The molecular weight excluding hydrogens is 338 g/mol. The van der Waals surface area contributed by atoms with E-state index < -0.39 is 22.0 Å². The van der Waals surface area contributed by atoms with E-state index in [0.717, 1.165) is 6.26 Å². The molecule has 0 aliphatic carbocycles. The highest BCUT2D eigenvalue weighted by Gasteiger charge is 2.26. The fraction of sp³-hybridized carbons (Fsp3) is 0.143. The van der Waals surface area contributed by atoms with Gasteiger partial charge in [-0.15, -0.1) is 9.35 Å². The van der Waals surface area contributed by atoms with Crippen LogP contribution in [0.25, 0.3) is 11.3 Å². The van der Waals surface area contributed by atoms with Gasteiger partial charge in [-0.2, -0.15) is 8.42 Å². The molecule has 3 N–H and O–H groups in total. The second kappa shape index (κ2) is 6.72. The second-order valence-corrected chi connectivity index (χ2v) is 6.21. The largest absolute Gasteiger partial charge is 0.497 e. The summed E-state index contributed by atoms with van der Waals surface area (Å²) < 4.78 is 37.1. The molecule has 0 bridgehead atoms. The Morgan fingerprint density at radius 3 is 2.33 bits per heavy atom. The lowest BCUT2D eigenvalue weighted by molar-refractivity contribution is 0.0173. The second-order valence-electron chi connectivity index (χ2n) is 4.66. The predicted octanol–water partition coefficient (Wildman–Crippen LogP) is 1.18. The van der Waals surface area contributed by atoms with Gasteiger partial charge in [-0.25, -0.2) is 0 Å². The number of methoxy groups -OCH3 is 1. The maximum absolute atomic E-state index is 12.2. The van der Waals surface area contributed by atoms with Crippen LogP contribution in [0.1, 0.15) is 10.6 Å². The topological polar surface area (TPSA) is 136 Å². The number of carbonyl (C=O) groups excluding carboxylic acids is 1. The summed E-state index contributed by atoms with van der Waals surface area (Å²) in [5.74, 6) is -1.13. The first-order chi connectivity index (χ1) is 11.2. The number of carbonyl (C=O) groups is 1. The Morgan fingerprint density at radius 2 is 1.83 bits per heavy atom. The Balaban J connectivity index is 2.27. The Bertz CT molecular complexity index is 857. The molecule has 10 heteroatoms. The Hall–Kier alpha value is -2.85. The average molecular weight is 353 g/mol. The number of ether oxygens (including phenoxy) is 1. The first-order valence-electron chi connectivity index (χ1n) is 6.53. The van der Waals surface area contributed by atoms with Crippen LogP contribution in [0.5, 0.6) is 5.75 Å². The first kappa shape index (κ1) is 17.5. The summed E-state index contributed by atoms with van der Waals surface area (Å²) in [5, 5.41) is 7.40. The maximum Gasteiger partial charge on any atom is 0.321 e. The summed E-state index contributed by atoms with van der Waals surface area (Å²) in [6, 6.07) is 9.72. The Morgan fingerprint density at radius 1 is 1.21 bits per heavy atom. The summed E-state index contributed by atoms with van der Waals surface area (Å²) in [7, 11) is -2.51. The van der Waals surface area contributed by atoms with Crippen LogP contribution in [-0.4, -0.2) is 38.7 Å². The Labute approximate surface area is 138 Å². The van der Waals surface area contributed by atoms with Gasteiger partial charge in [0.2, 0.25) is 5.96 Å². The molecule has 0 atom stereocenters. The van der Waals surface area contributed by atoms with Gasteiger partial charge in [0.25, 0.3) is 10.1 Å². The minimum Gasteiger partial charge on any atom is -0.497 e. The number of guanidine groups is 1. The summed E-state index contributed by atoms with van der Waals surface area (Å²) in [6.07, 6.45) is 0.723. The van der Waals surface area contributed by atoms with E-state index in [2.05, 4.69) is 4.28 Å². The molecule has 1 amide bonds. The molecule has 0 saturated heterocycles. The van der Waals surface area contributed by atoms with Gasteiger partial charge in [-0.05, 0) is 36.4 Å². The van der Waals surface area contributed by atoms with Gasteiger partial charge in [0.1, 0.15) is 11.5 Å². The highest BCUT2D eigenvalue weighted by atomic mass is 32.2. The highest BCUT2D eigenvalue weighted by molar-refractivity contribution is 7.85. The molecular formula is C14H15N3O6S. The zero-order valence-corrected chi connectivity index (χ0v) is 13.7. The fourth-order valence-corrected chi connectivity index (χ4v) is 2.20. The molecule has 1 heterocycles. The zero-order chi connectivity index (χ0) is 17.9. The standard InChI is InChI=1S/C14H15N3O6S/c1-21-10-5-3-9(4-6-10)11-7-8-12(22-11)13(18)17(14(15)16)23-24(2,19)20/h3-8H,1-2H3,(H3,15,16). The van der Waals surface area contributed by atoms with Gasteiger partial charge in [0.15, 0.2) is 5.76 Å². The molecule has 1 aromatic carbocycles. The third kappa shape index (κ3) is 4.12. The molecule has 0 fully saturated rings. The van der Waals surface area contributed by atoms with Gasteiger partial charge in [-0.3, -0.25) is 10.2 Å². The van der Waals surface area contributed by atoms with Crippen molar-refractivity contribution in [2.24, 2.45) is 5.73 Å².